The van der Waals surface area contributed by atoms with E-state index >= 15 is 0 Å². The fraction of sp³-hybridized carbons (Fsp3) is 0. The number of nitrogens with zero attached hydrogens (tertiary/aromatic N) is 2. The number of hydrogen-bond donors (Lipinski definition) is 0. The third-order valence-corrected chi connectivity index (χ3v) is 8.13. The third-order valence-electron chi connectivity index (χ3n) is 8.13. The summed E-state index contributed by atoms with van der Waals surface area (Å²) in [5, 5.41) is 7.37. The molecule has 8 aromatic rings. The van der Waals surface area contributed by atoms with E-state index in [9.17, 15) is 0 Å². The smallest absolute Gasteiger partial charge is 0.0725 e. The van der Waals surface area contributed by atoms with E-state index in [0.717, 1.165) is 22.5 Å². The monoisotopic (exact) mass is 534 g/mol. The Kier molecular flexibility index (Phi) is 5.82. The number of fused-ring (bicyclic) bond motifs is 3. The van der Waals surface area contributed by atoms with Gasteiger partial charge in [0.15, 0.2) is 0 Å². The summed E-state index contributed by atoms with van der Waals surface area (Å²) >= 11 is 0. The Morgan fingerprint density at radius 3 is 1.62 bits per heavy atom. The van der Waals surface area contributed by atoms with E-state index in [4.69, 9.17) is 4.98 Å². The molecule has 42 heavy (non-hydrogen) atoms. The zero-order valence-electron chi connectivity index (χ0n) is 22.9. The molecule has 2 nitrogen and oxygen atoms in total. The summed E-state index contributed by atoms with van der Waals surface area (Å²) in [4.78, 5) is 9.45. The van der Waals surface area contributed by atoms with Gasteiger partial charge >= 0.3 is 0 Å². The molecule has 8 rings (SSSR count). The molecule has 0 saturated heterocycles. The minimum atomic E-state index is 0.915. The molecule has 0 bridgehead atoms. The van der Waals surface area contributed by atoms with Gasteiger partial charge in [-0.1, -0.05) is 109 Å². The van der Waals surface area contributed by atoms with Crippen molar-refractivity contribution in [2.24, 2.45) is 0 Å². The summed E-state index contributed by atoms with van der Waals surface area (Å²) in [7, 11) is 0. The summed E-state index contributed by atoms with van der Waals surface area (Å²) in [6, 6.07) is 51.9. The van der Waals surface area contributed by atoms with Gasteiger partial charge in [0.05, 0.1) is 11.4 Å². The summed E-state index contributed by atoms with van der Waals surface area (Å²) in [5.41, 5.74) is 8.93. The van der Waals surface area contributed by atoms with Crippen LogP contribution in [0.5, 0.6) is 0 Å². The van der Waals surface area contributed by atoms with Crippen LogP contribution in [0, 0.1) is 0 Å². The fourth-order valence-electron chi connectivity index (χ4n) is 6.28. The van der Waals surface area contributed by atoms with Gasteiger partial charge in [-0.05, 0) is 91.0 Å². The first-order valence-electron chi connectivity index (χ1n) is 14.2. The Bertz CT molecular complexity index is 2180. The predicted molar refractivity (Wildman–Crippen MR) is 176 cm³/mol. The number of hydrogen-bond acceptors (Lipinski definition) is 2. The first-order chi connectivity index (χ1) is 20.8. The molecule has 196 valence electrons. The lowest BCUT2D eigenvalue weighted by Gasteiger charge is -2.19. The predicted octanol–water partition coefficient (Wildman–Crippen LogP) is 10.6. The number of aromatic nitrogens is 2. The molecule has 0 radical (unpaired) electrons. The first kappa shape index (κ1) is 24.2. The van der Waals surface area contributed by atoms with Crippen LogP contribution in [0.1, 0.15) is 0 Å². The van der Waals surface area contributed by atoms with E-state index in [-0.39, 0.29) is 0 Å². The molecule has 2 aromatic heterocycles. The van der Waals surface area contributed by atoms with Crippen molar-refractivity contribution in [1.82, 2.24) is 9.97 Å². The molecule has 2 heteroatoms. The minimum Gasteiger partial charge on any atom is -0.264 e. The topological polar surface area (TPSA) is 25.8 Å². The van der Waals surface area contributed by atoms with Gasteiger partial charge in [0.1, 0.15) is 0 Å². The van der Waals surface area contributed by atoms with Crippen LogP contribution in [-0.2, 0) is 0 Å². The Morgan fingerprint density at radius 1 is 0.381 bits per heavy atom. The molecule has 0 spiro atoms. The fourth-order valence-corrected chi connectivity index (χ4v) is 6.28. The van der Waals surface area contributed by atoms with Crippen LogP contribution in [0.3, 0.4) is 0 Å². The van der Waals surface area contributed by atoms with Crippen LogP contribution < -0.4 is 0 Å². The molecule has 0 amide bonds. The van der Waals surface area contributed by atoms with Crippen molar-refractivity contribution in [2.75, 3.05) is 0 Å². The second kappa shape index (κ2) is 10.1. The second-order valence-corrected chi connectivity index (χ2v) is 10.6. The average molecular weight is 535 g/mol. The van der Waals surface area contributed by atoms with Gasteiger partial charge in [-0.25, -0.2) is 4.98 Å². The molecule has 2 heterocycles. The van der Waals surface area contributed by atoms with Gasteiger partial charge < -0.3 is 0 Å². The van der Waals surface area contributed by atoms with Crippen LogP contribution in [0.15, 0.2) is 158 Å². The lowest BCUT2D eigenvalue weighted by molar-refractivity contribution is 1.28. The van der Waals surface area contributed by atoms with Gasteiger partial charge in [-0.15, -0.1) is 0 Å². The molecular formula is C40H26N2. The maximum atomic E-state index is 5.14. The Labute approximate surface area is 244 Å². The normalized spacial score (nSPS) is 11.3. The molecule has 0 N–H and O–H groups in total. The maximum absolute atomic E-state index is 5.14. The van der Waals surface area contributed by atoms with Crippen LogP contribution in [-0.4, -0.2) is 9.97 Å². The zero-order chi connectivity index (χ0) is 27.9. The summed E-state index contributed by atoms with van der Waals surface area (Å²) in [5.74, 6) is 0. The van der Waals surface area contributed by atoms with Gasteiger partial charge in [-0.3, -0.25) is 4.98 Å². The molecular weight excluding hydrogens is 508 g/mol. The summed E-state index contributed by atoms with van der Waals surface area (Å²) in [6.45, 7) is 0. The van der Waals surface area contributed by atoms with E-state index in [0.29, 0.717) is 0 Å². The third kappa shape index (κ3) is 4.05. The second-order valence-electron chi connectivity index (χ2n) is 10.6. The van der Waals surface area contributed by atoms with Crippen molar-refractivity contribution in [3.05, 3.63) is 158 Å². The van der Waals surface area contributed by atoms with Crippen molar-refractivity contribution in [3.8, 4) is 44.8 Å². The highest BCUT2D eigenvalue weighted by molar-refractivity contribution is 6.22. The van der Waals surface area contributed by atoms with E-state index in [1.54, 1.807) is 6.20 Å². The minimum absolute atomic E-state index is 0.915. The lowest BCUT2D eigenvalue weighted by atomic mass is 9.85. The number of benzene rings is 6. The highest BCUT2D eigenvalue weighted by atomic mass is 14.7. The summed E-state index contributed by atoms with van der Waals surface area (Å²) < 4.78 is 0. The molecule has 0 fully saturated rings. The highest BCUT2D eigenvalue weighted by Gasteiger charge is 2.18. The van der Waals surface area contributed by atoms with E-state index in [2.05, 4.69) is 145 Å². The Hall–Kier alpha value is -5.60. The van der Waals surface area contributed by atoms with Crippen LogP contribution in [0.25, 0.3) is 77.1 Å². The van der Waals surface area contributed by atoms with Gasteiger partial charge in [0.25, 0.3) is 0 Å². The van der Waals surface area contributed by atoms with Crippen LogP contribution >= 0.6 is 0 Å². The van der Waals surface area contributed by atoms with Crippen LogP contribution in [0.4, 0.5) is 0 Å². The quantitative estimate of drug-likeness (QED) is 0.210. The first-order valence-corrected chi connectivity index (χ1v) is 14.2. The zero-order valence-corrected chi connectivity index (χ0v) is 22.9. The van der Waals surface area contributed by atoms with Gasteiger partial charge in [-0.2, -0.15) is 0 Å². The number of pyridine rings is 2. The average Bonchev–Trinajstić information content (AvgIpc) is 3.07. The molecule has 0 aliphatic carbocycles. The van der Waals surface area contributed by atoms with Crippen LogP contribution in [0.2, 0.25) is 0 Å². The number of rotatable bonds is 4. The molecule has 6 aromatic carbocycles. The van der Waals surface area contributed by atoms with Crippen molar-refractivity contribution < 1.29 is 0 Å². The SMILES string of the molecule is c1ccc(-c2c3ccccc3c(-c3cc(-c4cccc(-c5cccnc5)n4)c4ccccc4c3)c3ccccc23)cc1. The van der Waals surface area contributed by atoms with Crippen molar-refractivity contribution in [2.45, 2.75) is 0 Å². The van der Waals surface area contributed by atoms with Crippen molar-refractivity contribution in [1.29, 1.82) is 0 Å². The standard InChI is InChI=1S/C40H26N2/c1-2-12-27(13-3-1)39-32-17-6-8-19-34(32)40(35-20-9-7-18-33(35)39)30-24-28-14-4-5-16-31(28)36(25-30)38-22-10-21-37(42-38)29-15-11-23-41-26-29/h1-26H. The molecule has 0 unspecified atom stereocenters. The summed E-state index contributed by atoms with van der Waals surface area (Å²) in [6.07, 6.45) is 3.66. The van der Waals surface area contributed by atoms with Crippen molar-refractivity contribution >= 4 is 32.3 Å². The molecule has 0 aliphatic heterocycles. The Balaban J connectivity index is 1.44. The largest absolute Gasteiger partial charge is 0.264 e. The van der Waals surface area contributed by atoms with Crippen molar-refractivity contribution in [3.63, 3.8) is 0 Å². The van der Waals surface area contributed by atoms with E-state index in [1.807, 2.05) is 12.3 Å². The van der Waals surface area contributed by atoms with E-state index < -0.39 is 0 Å². The molecule has 0 aliphatic rings. The molecule has 0 atom stereocenters. The Morgan fingerprint density at radius 2 is 0.952 bits per heavy atom. The van der Waals surface area contributed by atoms with Gasteiger partial charge in [0.2, 0.25) is 0 Å². The maximum Gasteiger partial charge on any atom is 0.0725 e. The van der Waals surface area contributed by atoms with Gasteiger partial charge in [0, 0.05) is 23.5 Å². The molecule has 0 saturated carbocycles. The van der Waals surface area contributed by atoms with E-state index in [1.165, 1.54) is 54.6 Å². The highest BCUT2D eigenvalue weighted by Crippen LogP contribution is 2.45. The lowest BCUT2D eigenvalue weighted by Crippen LogP contribution is -1.93.